The summed E-state index contributed by atoms with van der Waals surface area (Å²) in [6.45, 7) is 7.70. The van der Waals surface area contributed by atoms with Gasteiger partial charge in [0, 0.05) is 73.0 Å². The van der Waals surface area contributed by atoms with Crippen LogP contribution in [0.15, 0.2) is 85.5 Å². The zero-order valence-corrected chi connectivity index (χ0v) is 27.6. The van der Waals surface area contributed by atoms with Crippen LogP contribution >= 0.6 is 11.6 Å². The third kappa shape index (κ3) is 6.18. The van der Waals surface area contributed by atoms with Crippen molar-refractivity contribution in [3.05, 3.63) is 107 Å². The molecule has 0 spiro atoms. The smallest absolute Gasteiger partial charge is 0.156 e. The number of halogens is 1. The summed E-state index contributed by atoms with van der Waals surface area (Å²) >= 11 is 7.12. The third-order valence-corrected chi connectivity index (χ3v) is 9.86. The molecule has 48 heavy (non-hydrogen) atoms. The van der Waals surface area contributed by atoms with Gasteiger partial charge in [-0.2, -0.15) is 0 Å². The fraction of sp³-hybridized carbons (Fsp3) is 0.263. The van der Waals surface area contributed by atoms with Crippen molar-refractivity contribution in [2.45, 2.75) is 39.0 Å². The van der Waals surface area contributed by atoms with Gasteiger partial charge in [0.1, 0.15) is 11.0 Å². The predicted octanol–water partition coefficient (Wildman–Crippen LogP) is 7.46. The van der Waals surface area contributed by atoms with Gasteiger partial charge in [0.2, 0.25) is 0 Å². The Kier molecular flexibility index (Phi) is 8.36. The number of hydrogen-bond donors (Lipinski definition) is 3. The molecule has 0 bridgehead atoms. The maximum atomic E-state index is 9.91. The first-order chi connectivity index (χ1) is 23.5. The lowest BCUT2D eigenvalue weighted by Gasteiger charge is -2.30. The molecule has 0 saturated carbocycles. The van der Waals surface area contributed by atoms with E-state index in [1.807, 2.05) is 55.0 Å². The van der Waals surface area contributed by atoms with Crippen LogP contribution in [0.4, 0.5) is 23.0 Å². The number of benzene rings is 2. The third-order valence-electron chi connectivity index (χ3n) is 9.45. The van der Waals surface area contributed by atoms with Crippen LogP contribution in [0, 0.1) is 6.92 Å². The molecule has 3 N–H and O–H groups in total. The number of anilines is 4. The van der Waals surface area contributed by atoms with Crippen LogP contribution in [0.3, 0.4) is 0 Å². The van der Waals surface area contributed by atoms with Gasteiger partial charge in [-0.05, 0) is 91.5 Å². The fourth-order valence-electron chi connectivity index (χ4n) is 6.73. The van der Waals surface area contributed by atoms with E-state index in [9.17, 15) is 5.11 Å². The summed E-state index contributed by atoms with van der Waals surface area (Å²) in [6.07, 6.45) is 9.33. The molecule has 242 valence electrons. The van der Waals surface area contributed by atoms with Crippen molar-refractivity contribution < 1.29 is 5.11 Å². The van der Waals surface area contributed by atoms with Crippen molar-refractivity contribution in [2.24, 2.45) is 0 Å². The second-order valence-electron chi connectivity index (χ2n) is 12.9. The molecule has 6 aromatic rings. The normalized spacial score (nSPS) is 16.8. The number of fused-ring (bicyclic) bond motifs is 2. The number of likely N-dealkylation sites (tertiary alicyclic amines) is 2. The average Bonchev–Trinajstić information content (AvgIpc) is 3.49. The SMILES string of the molecule is Cc1c(Nc2nccc3cc(CN4CCC4)cnc23)cccc1-c1cccc(Nc2nccc3cc(CN4CC[C@@H](O)C4)cnc23)c1Cl. The highest BCUT2D eigenvalue weighted by atomic mass is 35.5. The Hall–Kier alpha value is -4.67. The van der Waals surface area contributed by atoms with Gasteiger partial charge in [-0.25, -0.2) is 9.97 Å². The maximum absolute atomic E-state index is 9.91. The Morgan fingerprint density at radius 2 is 1.35 bits per heavy atom. The molecule has 2 aromatic carbocycles. The number of nitrogens with zero attached hydrogens (tertiary/aromatic N) is 6. The minimum Gasteiger partial charge on any atom is -0.392 e. The molecule has 0 aliphatic carbocycles. The average molecular weight is 657 g/mol. The van der Waals surface area contributed by atoms with Crippen molar-refractivity contribution in [2.75, 3.05) is 36.8 Å². The summed E-state index contributed by atoms with van der Waals surface area (Å²) in [5, 5.41) is 19.6. The van der Waals surface area contributed by atoms with Gasteiger partial charge in [-0.3, -0.25) is 19.8 Å². The molecule has 6 heterocycles. The van der Waals surface area contributed by atoms with Crippen molar-refractivity contribution in [3.8, 4) is 11.1 Å². The molecule has 2 aliphatic rings. The van der Waals surface area contributed by atoms with Crippen LogP contribution in [-0.2, 0) is 13.1 Å². The van der Waals surface area contributed by atoms with E-state index in [1.165, 1.54) is 12.0 Å². The van der Waals surface area contributed by atoms with Gasteiger partial charge in [-0.15, -0.1) is 0 Å². The van der Waals surface area contributed by atoms with Crippen LogP contribution in [0.25, 0.3) is 32.9 Å². The lowest BCUT2D eigenvalue weighted by atomic mass is 9.98. The van der Waals surface area contributed by atoms with E-state index in [0.29, 0.717) is 17.4 Å². The van der Waals surface area contributed by atoms with Gasteiger partial charge in [0.15, 0.2) is 11.6 Å². The quantitative estimate of drug-likeness (QED) is 0.146. The maximum Gasteiger partial charge on any atom is 0.156 e. The lowest BCUT2D eigenvalue weighted by Crippen LogP contribution is -2.36. The first-order valence-electron chi connectivity index (χ1n) is 16.5. The highest BCUT2D eigenvalue weighted by Gasteiger charge is 2.21. The number of nitrogens with one attached hydrogen (secondary N) is 2. The molecule has 0 radical (unpaired) electrons. The number of pyridine rings is 4. The molecular weight excluding hydrogens is 620 g/mol. The van der Waals surface area contributed by atoms with Crippen LogP contribution in [0.5, 0.6) is 0 Å². The molecule has 9 nitrogen and oxygen atoms in total. The van der Waals surface area contributed by atoms with Crippen LogP contribution in [-0.4, -0.2) is 67.1 Å². The van der Waals surface area contributed by atoms with E-state index in [4.69, 9.17) is 21.6 Å². The molecule has 2 fully saturated rings. The monoisotopic (exact) mass is 656 g/mol. The summed E-state index contributed by atoms with van der Waals surface area (Å²) in [7, 11) is 0. The van der Waals surface area contributed by atoms with Crippen molar-refractivity contribution >= 4 is 56.4 Å². The summed E-state index contributed by atoms with van der Waals surface area (Å²) in [4.78, 5) is 23.6. The number of aliphatic hydroxyl groups excluding tert-OH is 1. The first kappa shape index (κ1) is 30.7. The van der Waals surface area contributed by atoms with E-state index in [2.05, 4.69) is 61.6 Å². The predicted molar refractivity (Wildman–Crippen MR) is 193 cm³/mol. The fourth-order valence-corrected chi connectivity index (χ4v) is 7.01. The Balaban J connectivity index is 1.05. The first-order valence-corrected chi connectivity index (χ1v) is 16.9. The highest BCUT2D eigenvalue weighted by molar-refractivity contribution is 6.36. The topological polar surface area (TPSA) is 102 Å². The Morgan fingerprint density at radius 1 is 0.750 bits per heavy atom. The molecule has 2 saturated heterocycles. The molecule has 0 unspecified atom stereocenters. The number of aliphatic hydroxyl groups is 1. The van der Waals surface area contributed by atoms with E-state index >= 15 is 0 Å². The summed E-state index contributed by atoms with van der Waals surface area (Å²) in [5.41, 5.74) is 8.61. The Labute approximate surface area is 284 Å². The molecule has 0 amide bonds. The van der Waals surface area contributed by atoms with Crippen LogP contribution in [0.1, 0.15) is 29.5 Å². The largest absolute Gasteiger partial charge is 0.392 e. The molecular formula is C38H37ClN8O. The molecule has 1 atom stereocenters. The van der Waals surface area contributed by atoms with E-state index in [1.54, 1.807) is 6.20 Å². The van der Waals surface area contributed by atoms with Gasteiger partial charge in [0.05, 0.1) is 16.8 Å². The van der Waals surface area contributed by atoms with E-state index < -0.39 is 0 Å². The number of β-amino-alcohol motifs (C(OH)–C–C–N with tert-alkyl or cyclic N) is 1. The van der Waals surface area contributed by atoms with Gasteiger partial charge in [0.25, 0.3) is 0 Å². The summed E-state index contributed by atoms with van der Waals surface area (Å²) < 4.78 is 0. The molecule has 2 aliphatic heterocycles. The molecule has 4 aromatic heterocycles. The minimum atomic E-state index is -0.242. The zero-order valence-electron chi connectivity index (χ0n) is 26.8. The van der Waals surface area contributed by atoms with Crippen molar-refractivity contribution in [3.63, 3.8) is 0 Å². The summed E-state index contributed by atoms with van der Waals surface area (Å²) in [5.74, 6) is 1.37. The van der Waals surface area contributed by atoms with Crippen molar-refractivity contribution in [1.82, 2.24) is 29.7 Å². The number of hydrogen-bond acceptors (Lipinski definition) is 9. The second kappa shape index (κ2) is 13.1. The van der Waals surface area contributed by atoms with Gasteiger partial charge < -0.3 is 15.7 Å². The highest BCUT2D eigenvalue weighted by Crippen LogP contribution is 2.39. The summed E-state index contributed by atoms with van der Waals surface area (Å²) in [6, 6.07) is 20.5. The van der Waals surface area contributed by atoms with Crippen molar-refractivity contribution in [1.29, 1.82) is 0 Å². The lowest BCUT2D eigenvalue weighted by molar-refractivity contribution is 0.172. The van der Waals surface area contributed by atoms with Gasteiger partial charge >= 0.3 is 0 Å². The van der Waals surface area contributed by atoms with Crippen LogP contribution in [0.2, 0.25) is 5.02 Å². The van der Waals surface area contributed by atoms with Gasteiger partial charge in [-0.1, -0.05) is 35.9 Å². The van der Waals surface area contributed by atoms with Crippen LogP contribution < -0.4 is 10.6 Å². The second-order valence-corrected chi connectivity index (χ2v) is 13.2. The molecule has 10 heteroatoms. The standard InChI is InChI=1S/C38H37ClN8O/c1-24-30(5-2-7-32(24)44-37-35-27(9-12-40-37)17-25(19-42-35)21-46-14-4-15-46)31-6-3-8-33(34(31)39)45-38-36-28(10-13-41-38)18-26(20-43-36)22-47-16-11-29(48)23-47/h2-3,5-10,12-13,17-20,29,48H,4,11,14-16,21-23H2,1H3,(H,40,44)(H,41,45)/t29-/m1/s1. The zero-order chi connectivity index (χ0) is 32.6. The Bertz CT molecular complexity index is 2130. The number of aromatic nitrogens is 4. The van der Waals surface area contributed by atoms with E-state index in [-0.39, 0.29) is 6.10 Å². The molecule has 8 rings (SSSR count). The number of rotatable bonds is 9. The van der Waals surface area contributed by atoms with E-state index in [0.717, 1.165) is 100 Å². The minimum absolute atomic E-state index is 0.242. The Morgan fingerprint density at radius 3 is 1.96 bits per heavy atom.